The van der Waals surface area contributed by atoms with Crippen LogP contribution in [0.25, 0.3) is 0 Å². The third-order valence-corrected chi connectivity index (χ3v) is 2.50. The van der Waals surface area contributed by atoms with Crippen LogP contribution in [0.2, 0.25) is 5.02 Å². The number of benzene rings is 1. The normalized spacial score (nSPS) is 11.3. The first-order valence-electron chi connectivity index (χ1n) is 5.27. The second-order valence-corrected chi connectivity index (χ2v) is 5.26. The molecule has 0 aliphatic heterocycles. The van der Waals surface area contributed by atoms with Crippen molar-refractivity contribution in [1.29, 1.82) is 0 Å². The van der Waals surface area contributed by atoms with E-state index in [9.17, 15) is 9.18 Å². The van der Waals surface area contributed by atoms with Crippen molar-refractivity contribution in [1.82, 2.24) is 0 Å². The summed E-state index contributed by atoms with van der Waals surface area (Å²) in [5, 5.41) is 3.37. The van der Waals surface area contributed by atoms with Gasteiger partial charge in [-0.2, -0.15) is 0 Å². The van der Waals surface area contributed by atoms with Gasteiger partial charge < -0.3 is 11.1 Å². The molecule has 0 aliphatic carbocycles. The van der Waals surface area contributed by atoms with Crippen LogP contribution in [0.4, 0.5) is 10.1 Å². The fraction of sp³-hybridized carbons (Fsp3) is 0.417. The van der Waals surface area contributed by atoms with E-state index in [0.29, 0.717) is 17.3 Å². The Morgan fingerprint density at radius 1 is 1.47 bits per heavy atom. The highest BCUT2D eigenvalue weighted by Gasteiger charge is 2.20. The van der Waals surface area contributed by atoms with Gasteiger partial charge >= 0.3 is 0 Å². The molecule has 1 amide bonds. The van der Waals surface area contributed by atoms with Gasteiger partial charge in [0.15, 0.2) is 0 Å². The largest absolute Gasteiger partial charge is 0.384 e. The van der Waals surface area contributed by atoms with Gasteiger partial charge in [-0.1, -0.05) is 25.4 Å². The number of amides is 1. The molecule has 0 heterocycles. The predicted molar refractivity (Wildman–Crippen MR) is 67.5 cm³/mol. The van der Waals surface area contributed by atoms with E-state index in [1.807, 2.05) is 13.8 Å². The molecule has 5 heteroatoms. The Morgan fingerprint density at radius 3 is 2.65 bits per heavy atom. The van der Waals surface area contributed by atoms with Crippen molar-refractivity contribution in [3.8, 4) is 0 Å². The van der Waals surface area contributed by atoms with Gasteiger partial charge in [0.1, 0.15) is 5.82 Å². The molecule has 1 rings (SSSR count). The minimum atomic E-state index is -0.396. The Balaban J connectivity index is 2.63. The van der Waals surface area contributed by atoms with Crippen LogP contribution < -0.4 is 11.1 Å². The summed E-state index contributed by atoms with van der Waals surface area (Å²) in [4.78, 5) is 10.8. The van der Waals surface area contributed by atoms with Crippen LogP contribution in [-0.4, -0.2) is 12.5 Å². The van der Waals surface area contributed by atoms with E-state index in [0.717, 1.165) is 0 Å². The average Bonchev–Trinajstić information content (AvgIpc) is 2.11. The molecule has 0 saturated heterocycles. The summed E-state index contributed by atoms with van der Waals surface area (Å²) in [6.45, 7) is 4.33. The maximum atomic E-state index is 13.1. The molecule has 0 atom stereocenters. The molecule has 0 aromatic heterocycles. The minimum absolute atomic E-state index is 0.267. The van der Waals surface area contributed by atoms with E-state index < -0.39 is 5.82 Å². The smallest absolute Gasteiger partial charge is 0.218 e. The maximum absolute atomic E-state index is 13.1. The summed E-state index contributed by atoms with van der Waals surface area (Å²) in [7, 11) is 0. The summed E-state index contributed by atoms with van der Waals surface area (Å²) in [5.41, 5.74) is 5.45. The zero-order valence-corrected chi connectivity index (χ0v) is 10.6. The summed E-state index contributed by atoms with van der Waals surface area (Å²) in [5.74, 6) is -0.748. The molecule has 0 bridgehead atoms. The highest BCUT2D eigenvalue weighted by atomic mass is 35.5. The van der Waals surface area contributed by atoms with Crippen LogP contribution in [0.3, 0.4) is 0 Å². The molecule has 0 fully saturated rings. The molecule has 1 aromatic carbocycles. The average molecular weight is 259 g/mol. The highest BCUT2D eigenvalue weighted by Crippen LogP contribution is 2.23. The van der Waals surface area contributed by atoms with Crippen LogP contribution in [-0.2, 0) is 4.79 Å². The SMILES string of the molecule is CC(C)(CNc1cc(F)cc(Cl)c1)CC(N)=O. The van der Waals surface area contributed by atoms with E-state index in [1.165, 1.54) is 12.1 Å². The predicted octanol–water partition coefficient (Wildman–Crippen LogP) is 2.79. The Morgan fingerprint density at radius 2 is 2.12 bits per heavy atom. The van der Waals surface area contributed by atoms with E-state index >= 15 is 0 Å². The highest BCUT2D eigenvalue weighted by molar-refractivity contribution is 6.30. The molecule has 0 spiro atoms. The lowest BCUT2D eigenvalue weighted by Crippen LogP contribution is -2.29. The van der Waals surface area contributed by atoms with Crippen molar-refractivity contribution in [2.75, 3.05) is 11.9 Å². The van der Waals surface area contributed by atoms with Crippen molar-refractivity contribution >= 4 is 23.2 Å². The van der Waals surface area contributed by atoms with Crippen LogP contribution in [0, 0.1) is 11.2 Å². The van der Waals surface area contributed by atoms with E-state index in [1.54, 1.807) is 6.07 Å². The number of carbonyl (C=O) groups is 1. The molecule has 3 N–H and O–H groups in total. The lowest BCUT2D eigenvalue weighted by molar-refractivity contribution is -0.119. The van der Waals surface area contributed by atoms with E-state index in [-0.39, 0.29) is 17.7 Å². The molecule has 94 valence electrons. The monoisotopic (exact) mass is 258 g/mol. The molecule has 1 aromatic rings. The summed E-state index contributed by atoms with van der Waals surface area (Å²) < 4.78 is 13.1. The number of nitrogens with two attached hydrogens (primary N) is 1. The Bertz CT molecular complexity index is 401. The fourth-order valence-corrected chi connectivity index (χ4v) is 1.75. The van der Waals surface area contributed by atoms with Gasteiger partial charge in [-0.25, -0.2) is 4.39 Å². The lowest BCUT2D eigenvalue weighted by atomic mass is 9.89. The molecule has 0 unspecified atom stereocenters. The van der Waals surface area contributed by atoms with Gasteiger partial charge in [0.2, 0.25) is 5.91 Å². The third kappa shape index (κ3) is 5.04. The van der Waals surface area contributed by atoms with Crippen LogP contribution >= 0.6 is 11.6 Å². The van der Waals surface area contributed by atoms with Gasteiger partial charge in [0.25, 0.3) is 0 Å². The van der Waals surface area contributed by atoms with Gasteiger partial charge in [0.05, 0.1) is 0 Å². The number of carbonyl (C=O) groups excluding carboxylic acids is 1. The van der Waals surface area contributed by atoms with Crippen molar-refractivity contribution in [3.63, 3.8) is 0 Å². The molecular weight excluding hydrogens is 243 g/mol. The Kier molecular flexibility index (Phi) is 4.34. The second kappa shape index (κ2) is 5.36. The summed E-state index contributed by atoms with van der Waals surface area (Å²) in [6, 6.07) is 4.22. The third-order valence-electron chi connectivity index (χ3n) is 2.29. The minimum Gasteiger partial charge on any atom is -0.384 e. The van der Waals surface area contributed by atoms with E-state index in [4.69, 9.17) is 17.3 Å². The topological polar surface area (TPSA) is 55.1 Å². The molecule has 0 radical (unpaired) electrons. The van der Waals surface area contributed by atoms with Crippen molar-refractivity contribution in [3.05, 3.63) is 29.0 Å². The van der Waals surface area contributed by atoms with Gasteiger partial charge in [-0.05, 0) is 23.6 Å². The lowest BCUT2D eigenvalue weighted by Gasteiger charge is -2.24. The first-order valence-corrected chi connectivity index (χ1v) is 5.64. The summed E-state index contributed by atoms with van der Waals surface area (Å²) >= 11 is 5.73. The number of nitrogens with one attached hydrogen (secondary N) is 1. The standard InChI is InChI=1S/C12H16ClFN2O/c1-12(2,6-11(15)17)7-16-10-4-8(13)3-9(14)5-10/h3-5,16H,6-7H2,1-2H3,(H2,15,17). The molecule has 3 nitrogen and oxygen atoms in total. The maximum Gasteiger partial charge on any atom is 0.218 e. The van der Waals surface area contributed by atoms with Crippen molar-refractivity contribution < 1.29 is 9.18 Å². The fourth-order valence-electron chi connectivity index (χ4n) is 1.53. The Labute approximate surface area is 105 Å². The number of hydrogen-bond donors (Lipinski definition) is 2. The zero-order valence-electron chi connectivity index (χ0n) is 9.89. The van der Waals surface area contributed by atoms with Crippen LogP contribution in [0.15, 0.2) is 18.2 Å². The quantitative estimate of drug-likeness (QED) is 0.853. The number of anilines is 1. The molecular formula is C12H16ClFN2O. The van der Waals surface area contributed by atoms with Crippen molar-refractivity contribution in [2.45, 2.75) is 20.3 Å². The van der Waals surface area contributed by atoms with Gasteiger partial charge in [-0.3, -0.25) is 4.79 Å². The number of rotatable bonds is 5. The molecule has 0 saturated carbocycles. The van der Waals surface area contributed by atoms with Gasteiger partial charge in [0, 0.05) is 23.7 Å². The second-order valence-electron chi connectivity index (χ2n) is 4.82. The van der Waals surface area contributed by atoms with E-state index in [2.05, 4.69) is 5.32 Å². The zero-order chi connectivity index (χ0) is 13.1. The van der Waals surface area contributed by atoms with Crippen molar-refractivity contribution in [2.24, 2.45) is 11.1 Å². The van der Waals surface area contributed by atoms with Crippen LogP contribution in [0.5, 0.6) is 0 Å². The van der Waals surface area contributed by atoms with Crippen LogP contribution in [0.1, 0.15) is 20.3 Å². The van der Waals surface area contributed by atoms with Gasteiger partial charge in [-0.15, -0.1) is 0 Å². The first-order chi connectivity index (χ1) is 7.78. The number of hydrogen-bond acceptors (Lipinski definition) is 2. The molecule has 0 aliphatic rings. The number of halogens is 2. The summed E-state index contributed by atoms with van der Waals surface area (Å²) in [6.07, 6.45) is 0.267. The Hall–Kier alpha value is -1.29. The number of primary amides is 1. The first kappa shape index (κ1) is 13.8. The molecule has 17 heavy (non-hydrogen) atoms.